The lowest BCUT2D eigenvalue weighted by atomic mass is 10.2. The van der Waals surface area contributed by atoms with Gasteiger partial charge in [0.1, 0.15) is 0 Å². The predicted molar refractivity (Wildman–Crippen MR) is 86.3 cm³/mol. The lowest BCUT2D eigenvalue weighted by Gasteiger charge is -2.13. The van der Waals surface area contributed by atoms with Gasteiger partial charge >= 0.3 is 0 Å². The summed E-state index contributed by atoms with van der Waals surface area (Å²) in [4.78, 5) is 18.7. The Morgan fingerprint density at radius 2 is 1.95 bits per heavy atom. The third kappa shape index (κ3) is 2.50. The number of benzene rings is 1. The number of nitrogens with zero attached hydrogens (tertiary/aromatic N) is 2. The first kappa shape index (κ1) is 13.0. The van der Waals surface area contributed by atoms with Crippen molar-refractivity contribution in [3.8, 4) is 0 Å². The van der Waals surface area contributed by atoms with E-state index in [1.807, 2.05) is 48.5 Å². The number of anilines is 1. The number of rotatable bonds is 2. The van der Waals surface area contributed by atoms with Crippen LogP contribution in [0.1, 0.15) is 5.56 Å². The maximum atomic E-state index is 12.4. The van der Waals surface area contributed by atoms with Crippen molar-refractivity contribution in [3.05, 3.63) is 65.3 Å². The van der Waals surface area contributed by atoms with Crippen LogP contribution in [0.15, 0.2) is 59.8 Å². The number of carbonyl (C=O) groups is 1. The van der Waals surface area contributed by atoms with Gasteiger partial charge in [0.05, 0.1) is 10.6 Å². The summed E-state index contributed by atoms with van der Waals surface area (Å²) in [5, 5.41) is 0. The Morgan fingerprint density at radius 3 is 2.65 bits per heavy atom. The summed E-state index contributed by atoms with van der Waals surface area (Å²) in [6.07, 6.45) is 5.23. The molecule has 1 aromatic heterocycles. The first-order valence-corrected chi connectivity index (χ1v) is 7.21. The highest BCUT2D eigenvalue weighted by molar-refractivity contribution is 8.27. The molecule has 1 saturated heterocycles. The van der Waals surface area contributed by atoms with Crippen LogP contribution in [0.2, 0.25) is 0 Å². The van der Waals surface area contributed by atoms with Crippen LogP contribution in [0.3, 0.4) is 0 Å². The maximum Gasteiger partial charge on any atom is 0.270 e. The van der Waals surface area contributed by atoms with Gasteiger partial charge in [-0.15, -0.1) is 0 Å². The van der Waals surface area contributed by atoms with Gasteiger partial charge in [0.25, 0.3) is 5.91 Å². The van der Waals surface area contributed by atoms with Crippen LogP contribution < -0.4 is 4.90 Å². The molecule has 1 amide bonds. The van der Waals surface area contributed by atoms with Crippen molar-refractivity contribution < 1.29 is 4.79 Å². The van der Waals surface area contributed by atoms with Crippen molar-refractivity contribution in [2.24, 2.45) is 0 Å². The highest BCUT2D eigenvalue weighted by atomic mass is 32.2. The van der Waals surface area contributed by atoms with Crippen LogP contribution in [0.5, 0.6) is 0 Å². The molecule has 2 heterocycles. The van der Waals surface area contributed by atoms with Crippen LogP contribution in [0.25, 0.3) is 6.08 Å². The number of thiocarbonyl (C=S) groups is 1. The zero-order chi connectivity index (χ0) is 13.9. The molecule has 1 aliphatic rings. The lowest BCUT2D eigenvalue weighted by molar-refractivity contribution is -0.113. The van der Waals surface area contributed by atoms with Crippen LogP contribution in [-0.4, -0.2) is 15.2 Å². The molecule has 20 heavy (non-hydrogen) atoms. The lowest BCUT2D eigenvalue weighted by Crippen LogP contribution is -2.27. The minimum atomic E-state index is -0.0879. The van der Waals surface area contributed by atoms with E-state index in [9.17, 15) is 4.79 Å². The monoisotopic (exact) mass is 298 g/mol. The maximum absolute atomic E-state index is 12.4. The van der Waals surface area contributed by atoms with Crippen molar-refractivity contribution in [2.75, 3.05) is 4.90 Å². The minimum Gasteiger partial charge on any atom is -0.268 e. The number of aromatic nitrogens is 1. The van der Waals surface area contributed by atoms with Gasteiger partial charge in [-0.05, 0) is 29.8 Å². The van der Waals surface area contributed by atoms with Gasteiger partial charge in [-0.1, -0.05) is 48.2 Å². The van der Waals surface area contributed by atoms with Crippen LogP contribution >= 0.6 is 24.0 Å². The van der Waals surface area contributed by atoms with E-state index < -0.39 is 0 Å². The Kier molecular flexibility index (Phi) is 3.62. The molecule has 1 fully saturated rings. The van der Waals surface area contributed by atoms with Crippen molar-refractivity contribution in [3.63, 3.8) is 0 Å². The van der Waals surface area contributed by atoms with Crippen LogP contribution in [-0.2, 0) is 4.79 Å². The van der Waals surface area contributed by atoms with E-state index >= 15 is 0 Å². The quantitative estimate of drug-likeness (QED) is 0.628. The van der Waals surface area contributed by atoms with Crippen molar-refractivity contribution in [1.82, 2.24) is 4.98 Å². The van der Waals surface area contributed by atoms with Crippen LogP contribution in [0.4, 0.5) is 5.69 Å². The highest BCUT2D eigenvalue weighted by Crippen LogP contribution is 2.35. The molecule has 0 atom stereocenters. The number of carbonyl (C=O) groups excluding carboxylic acids is 1. The molecular weight excluding hydrogens is 288 g/mol. The molecule has 1 aromatic carbocycles. The average Bonchev–Trinajstić information content (AvgIpc) is 2.75. The first-order valence-electron chi connectivity index (χ1n) is 5.99. The van der Waals surface area contributed by atoms with Crippen molar-refractivity contribution in [2.45, 2.75) is 0 Å². The van der Waals surface area contributed by atoms with Gasteiger partial charge in [0.2, 0.25) is 0 Å². The van der Waals surface area contributed by atoms with Gasteiger partial charge < -0.3 is 0 Å². The second kappa shape index (κ2) is 5.56. The summed E-state index contributed by atoms with van der Waals surface area (Å²) in [6, 6.07) is 13.2. The zero-order valence-electron chi connectivity index (χ0n) is 10.4. The number of amides is 1. The third-order valence-electron chi connectivity index (χ3n) is 2.79. The van der Waals surface area contributed by atoms with Crippen molar-refractivity contribution >= 4 is 46.0 Å². The van der Waals surface area contributed by atoms with E-state index in [0.717, 1.165) is 11.3 Å². The molecule has 0 radical (unpaired) electrons. The predicted octanol–water partition coefficient (Wildman–Crippen LogP) is 3.49. The SMILES string of the molecule is O=C1C(=Cc2cccnc2)SC(=S)N1c1ccccc1. The largest absolute Gasteiger partial charge is 0.270 e. The summed E-state index contributed by atoms with van der Waals surface area (Å²) in [7, 11) is 0. The van der Waals surface area contributed by atoms with E-state index in [-0.39, 0.29) is 5.91 Å². The molecular formula is C15H10N2OS2. The van der Waals surface area contributed by atoms with Gasteiger partial charge in [-0.2, -0.15) is 0 Å². The number of para-hydroxylation sites is 1. The van der Waals surface area contributed by atoms with Gasteiger partial charge in [-0.25, -0.2) is 0 Å². The number of pyridine rings is 1. The average molecular weight is 298 g/mol. The summed E-state index contributed by atoms with van der Waals surface area (Å²) < 4.78 is 0.552. The van der Waals surface area contributed by atoms with E-state index in [1.54, 1.807) is 17.3 Å². The molecule has 0 spiro atoms. The Hall–Kier alpha value is -1.98. The zero-order valence-corrected chi connectivity index (χ0v) is 12.0. The topological polar surface area (TPSA) is 33.2 Å². The molecule has 0 saturated carbocycles. The second-order valence-corrected chi connectivity index (χ2v) is 5.81. The molecule has 3 nitrogen and oxygen atoms in total. The molecule has 0 N–H and O–H groups in total. The Labute approximate surface area is 126 Å². The molecule has 98 valence electrons. The van der Waals surface area contributed by atoms with Gasteiger partial charge in [0, 0.05) is 12.4 Å². The Morgan fingerprint density at radius 1 is 1.15 bits per heavy atom. The Balaban J connectivity index is 1.93. The fraction of sp³-hybridized carbons (Fsp3) is 0. The molecule has 0 aliphatic carbocycles. The van der Waals surface area contributed by atoms with Crippen LogP contribution in [0, 0.1) is 0 Å². The second-order valence-electron chi connectivity index (χ2n) is 4.14. The summed E-state index contributed by atoms with van der Waals surface area (Å²) in [5.74, 6) is -0.0879. The third-order valence-corrected chi connectivity index (χ3v) is 4.09. The fourth-order valence-electron chi connectivity index (χ4n) is 1.88. The number of thioether (sulfide) groups is 1. The smallest absolute Gasteiger partial charge is 0.268 e. The fourth-order valence-corrected chi connectivity index (χ4v) is 3.18. The number of hydrogen-bond acceptors (Lipinski definition) is 4. The van der Waals surface area contributed by atoms with Crippen molar-refractivity contribution in [1.29, 1.82) is 0 Å². The minimum absolute atomic E-state index is 0.0879. The molecule has 0 bridgehead atoms. The number of hydrogen-bond donors (Lipinski definition) is 0. The van der Waals surface area contributed by atoms with Gasteiger partial charge in [0.15, 0.2) is 4.32 Å². The van der Waals surface area contributed by atoms with E-state index in [0.29, 0.717) is 9.23 Å². The molecule has 1 aliphatic heterocycles. The standard InChI is InChI=1S/C15H10N2OS2/c18-14-13(9-11-5-4-8-16-10-11)20-15(19)17(14)12-6-2-1-3-7-12/h1-10H. The van der Waals surface area contributed by atoms with E-state index in [1.165, 1.54) is 11.8 Å². The van der Waals surface area contributed by atoms with E-state index in [4.69, 9.17) is 12.2 Å². The molecule has 5 heteroatoms. The normalized spacial score (nSPS) is 17.0. The first-order chi connectivity index (χ1) is 9.75. The summed E-state index contributed by atoms with van der Waals surface area (Å²) in [5.41, 5.74) is 1.69. The summed E-state index contributed by atoms with van der Waals surface area (Å²) >= 11 is 6.62. The van der Waals surface area contributed by atoms with E-state index in [2.05, 4.69) is 4.98 Å². The molecule has 2 aromatic rings. The molecule has 3 rings (SSSR count). The summed E-state index contributed by atoms with van der Waals surface area (Å²) in [6.45, 7) is 0. The molecule has 0 unspecified atom stereocenters. The Bertz CT molecular complexity index is 684. The van der Waals surface area contributed by atoms with Gasteiger partial charge in [-0.3, -0.25) is 14.7 Å². The highest BCUT2D eigenvalue weighted by Gasteiger charge is 2.33.